The Morgan fingerprint density at radius 2 is 1.46 bits per heavy atom. The summed E-state index contributed by atoms with van der Waals surface area (Å²) < 4.78 is 13.4. The van der Waals surface area contributed by atoms with Crippen LogP contribution in [0.25, 0.3) is 33.3 Å². The number of hydrogen-bond acceptors (Lipinski definition) is 2. The summed E-state index contributed by atoms with van der Waals surface area (Å²) in [5, 5.41) is 2.13. The number of pyridine rings is 2. The van der Waals surface area contributed by atoms with Gasteiger partial charge in [0, 0.05) is 28.9 Å². The second-order valence-corrected chi connectivity index (χ2v) is 6.86. The highest BCUT2D eigenvalue weighted by Gasteiger charge is 2.16. The molecule has 128 valence electrons. The van der Waals surface area contributed by atoms with E-state index in [1.54, 1.807) is 36.7 Å². The highest BCUT2D eigenvalue weighted by Crippen LogP contribution is 2.39. The molecule has 0 atom stereocenters. The van der Waals surface area contributed by atoms with E-state index < -0.39 is 0 Å². The lowest BCUT2D eigenvalue weighted by Crippen LogP contribution is -1.93. The van der Waals surface area contributed by atoms with E-state index in [-0.39, 0.29) is 5.82 Å². The molecule has 0 fully saturated rings. The summed E-state index contributed by atoms with van der Waals surface area (Å²) in [5.41, 5.74) is 3.38. The molecule has 0 radical (unpaired) electrons. The summed E-state index contributed by atoms with van der Waals surface area (Å²) in [6.07, 6.45) is 3.33. The third-order valence-electron chi connectivity index (χ3n) is 4.08. The number of halogens is 4. The van der Waals surface area contributed by atoms with Crippen LogP contribution in [0.1, 0.15) is 0 Å². The maximum Gasteiger partial charge on any atom is 0.124 e. The first-order chi connectivity index (χ1) is 12.6. The molecular weight excluding hydrogens is 394 g/mol. The average Bonchev–Trinajstić information content (AvgIpc) is 2.61. The largest absolute Gasteiger partial charge is 0.254 e. The molecule has 0 amide bonds. The molecule has 2 aromatic heterocycles. The fourth-order valence-electron chi connectivity index (χ4n) is 2.93. The van der Waals surface area contributed by atoms with Crippen LogP contribution in [0.4, 0.5) is 4.39 Å². The van der Waals surface area contributed by atoms with Crippen LogP contribution in [-0.2, 0) is 0 Å². The number of rotatable bonds is 2. The minimum Gasteiger partial charge on any atom is -0.254 e. The van der Waals surface area contributed by atoms with Crippen LogP contribution in [-0.4, -0.2) is 9.97 Å². The predicted octanol–water partition coefficient (Wildman–Crippen LogP) is 7.06. The number of benzene rings is 2. The third kappa shape index (κ3) is 2.92. The molecule has 0 unspecified atom stereocenters. The monoisotopic (exact) mass is 402 g/mol. The summed E-state index contributed by atoms with van der Waals surface area (Å²) in [6.45, 7) is 0. The molecule has 2 heterocycles. The van der Waals surface area contributed by atoms with Gasteiger partial charge in [0.1, 0.15) is 5.82 Å². The SMILES string of the molecule is Fc1ccc(-c2ccnc3c(-c4c(Cl)cccc4Cl)nccc23)c(Cl)c1. The van der Waals surface area contributed by atoms with Crippen LogP contribution in [0, 0.1) is 5.82 Å². The summed E-state index contributed by atoms with van der Waals surface area (Å²) in [7, 11) is 0. The second-order valence-electron chi connectivity index (χ2n) is 5.64. The van der Waals surface area contributed by atoms with Crippen molar-refractivity contribution in [2.75, 3.05) is 0 Å². The normalized spacial score (nSPS) is 11.1. The van der Waals surface area contributed by atoms with Gasteiger partial charge in [0.15, 0.2) is 0 Å². The third-order valence-corrected chi connectivity index (χ3v) is 5.02. The quantitative estimate of drug-likeness (QED) is 0.358. The molecule has 26 heavy (non-hydrogen) atoms. The molecule has 6 heteroatoms. The van der Waals surface area contributed by atoms with Crippen molar-refractivity contribution in [3.63, 3.8) is 0 Å². The zero-order valence-corrected chi connectivity index (χ0v) is 15.4. The number of hydrogen-bond donors (Lipinski definition) is 0. The smallest absolute Gasteiger partial charge is 0.124 e. The van der Waals surface area contributed by atoms with Crippen molar-refractivity contribution < 1.29 is 4.39 Å². The van der Waals surface area contributed by atoms with Crippen LogP contribution in [0.3, 0.4) is 0 Å². The molecule has 4 aromatic rings. The fraction of sp³-hybridized carbons (Fsp3) is 0. The van der Waals surface area contributed by atoms with Crippen LogP contribution in [0.2, 0.25) is 15.1 Å². The van der Waals surface area contributed by atoms with Gasteiger partial charge in [0.2, 0.25) is 0 Å². The Labute approximate surface area is 164 Å². The molecule has 2 aromatic carbocycles. The first kappa shape index (κ1) is 17.2. The van der Waals surface area contributed by atoms with Gasteiger partial charge in [-0.2, -0.15) is 0 Å². The highest BCUT2D eigenvalue weighted by molar-refractivity contribution is 6.39. The van der Waals surface area contributed by atoms with Crippen molar-refractivity contribution in [2.24, 2.45) is 0 Å². The van der Waals surface area contributed by atoms with Gasteiger partial charge < -0.3 is 0 Å². The molecule has 0 aliphatic carbocycles. The molecule has 2 nitrogen and oxygen atoms in total. The molecule has 0 aliphatic rings. The molecule has 0 bridgehead atoms. The van der Waals surface area contributed by atoms with Gasteiger partial charge in [-0.3, -0.25) is 9.97 Å². The maximum absolute atomic E-state index is 13.4. The molecule has 4 rings (SSSR count). The Kier molecular flexibility index (Phi) is 4.53. The zero-order chi connectivity index (χ0) is 18.3. The topological polar surface area (TPSA) is 25.8 Å². The molecule has 0 aliphatic heterocycles. The zero-order valence-electron chi connectivity index (χ0n) is 13.2. The molecule has 0 saturated carbocycles. The number of aromatic nitrogens is 2. The Morgan fingerprint density at radius 3 is 2.19 bits per heavy atom. The van der Waals surface area contributed by atoms with Crippen molar-refractivity contribution in [3.05, 3.63) is 81.8 Å². The lowest BCUT2D eigenvalue weighted by molar-refractivity contribution is 0.628. The Bertz CT molecular complexity index is 1120. The van der Waals surface area contributed by atoms with E-state index >= 15 is 0 Å². The summed E-state index contributed by atoms with van der Waals surface area (Å²) in [5.74, 6) is -0.387. The van der Waals surface area contributed by atoms with Gasteiger partial charge >= 0.3 is 0 Å². The first-order valence-electron chi connectivity index (χ1n) is 7.70. The predicted molar refractivity (Wildman–Crippen MR) is 105 cm³/mol. The van der Waals surface area contributed by atoms with Gasteiger partial charge in [-0.05, 0) is 48.0 Å². The minimum atomic E-state index is -0.387. The van der Waals surface area contributed by atoms with Crippen LogP contribution < -0.4 is 0 Å². The van der Waals surface area contributed by atoms with E-state index in [0.717, 1.165) is 10.9 Å². The van der Waals surface area contributed by atoms with Crippen molar-refractivity contribution in [1.82, 2.24) is 9.97 Å². The molecular formula is C20H10Cl3FN2. The van der Waals surface area contributed by atoms with Crippen molar-refractivity contribution in [1.29, 1.82) is 0 Å². The van der Waals surface area contributed by atoms with Gasteiger partial charge in [-0.25, -0.2) is 4.39 Å². The van der Waals surface area contributed by atoms with E-state index in [1.807, 2.05) is 12.1 Å². The van der Waals surface area contributed by atoms with Crippen molar-refractivity contribution in [3.8, 4) is 22.4 Å². The van der Waals surface area contributed by atoms with Gasteiger partial charge in [-0.1, -0.05) is 40.9 Å². The Hall–Kier alpha value is -2.20. The fourth-order valence-corrected chi connectivity index (χ4v) is 3.77. The standard InChI is InChI=1S/C20H10Cl3FN2/c21-15-2-1-3-16(22)18(15)20-19-14(7-9-26-20)12(6-8-25-19)13-5-4-11(24)10-17(13)23/h1-10H. The lowest BCUT2D eigenvalue weighted by atomic mass is 9.99. The van der Waals surface area contributed by atoms with Crippen LogP contribution in [0.5, 0.6) is 0 Å². The van der Waals surface area contributed by atoms with Crippen molar-refractivity contribution >= 4 is 45.7 Å². The minimum absolute atomic E-state index is 0.326. The van der Waals surface area contributed by atoms with Gasteiger partial charge in [0.25, 0.3) is 0 Å². The summed E-state index contributed by atoms with van der Waals surface area (Å²) in [6, 6.07) is 13.3. The van der Waals surface area contributed by atoms with Gasteiger partial charge in [-0.15, -0.1) is 0 Å². The maximum atomic E-state index is 13.4. The molecule has 0 spiro atoms. The Morgan fingerprint density at radius 1 is 0.731 bits per heavy atom. The second kappa shape index (κ2) is 6.84. The Balaban J connectivity index is 2.03. The highest BCUT2D eigenvalue weighted by atomic mass is 35.5. The van der Waals surface area contributed by atoms with E-state index in [0.29, 0.717) is 37.4 Å². The summed E-state index contributed by atoms with van der Waals surface area (Å²) in [4.78, 5) is 8.92. The van der Waals surface area contributed by atoms with E-state index in [4.69, 9.17) is 34.8 Å². The van der Waals surface area contributed by atoms with Crippen LogP contribution in [0.15, 0.2) is 60.9 Å². The van der Waals surface area contributed by atoms with E-state index in [1.165, 1.54) is 12.1 Å². The number of nitrogens with zero attached hydrogens (tertiary/aromatic N) is 2. The number of fused-ring (bicyclic) bond motifs is 1. The average molecular weight is 404 g/mol. The van der Waals surface area contributed by atoms with E-state index in [9.17, 15) is 4.39 Å². The molecule has 0 N–H and O–H groups in total. The molecule has 0 saturated heterocycles. The van der Waals surface area contributed by atoms with Crippen LogP contribution >= 0.6 is 34.8 Å². The van der Waals surface area contributed by atoms with E-state index in [2.05, 4.69) is 9.97 Å². The van der Waals surface area contributed by atoms with Crippen molar-refractivity contribution in [2.45, 2.75) is 0 Å². The lowest BCUT2D eigenvalue weighted by Gasteiger charge is -2.12. The first-order valence-corrected chi connectivity index (χ1v) is 8.83. The summed E-state index contributed by atoms with van der Waals surface area (Å²) >= 11 is 19.0. The van der Waals surface area contributed by atoms with Gasteiger partial charge in [0.05, 0.1) is 26.3 Å².